The molecule has 2 rings (SSSR count). The number of rotatable bonds is 11. The highest BCUT2D eigenvalue weighted by atomic mass is 16.5. The van der Waals surface area contributed by atoms with Gasteiger partial charge in [0.1, 0.15) is 6.61 Å². The van der Waals surface area contributed by atoms with Crippen LogP contribution in [0.1, 0.15) is 108 Å². The maximum atomic E-state index is 12.2. The molecule has 0 aliphatic heterocycles. The fraction of sp³-hybridized carbons (Fsp3) is 0.475. The lowest BCUT2D eigenvalue weighted by Crippen LogP contribution is -2.19. The Kier molecular flexibility index (Phi) is 13.8. The van der Waals surface area contributed by atoms with Crippen molar-refractivity contribution in [2.24, 2.45) is 10.8 Å². The predicted molar refractivity (Wildman–Crippen MR) is 183 cm³/mol. The van der Waals surface area contributed by atoms with E-state index in [0.717, 1.165) is 11.1 Å². The predicted octanol–water partition coefficient (Wildman–Crippen LogP) is 11.6. The number of hydrogen-bond donors (Lipinski definition) is 0. The third-order valence-electron chi connectivity index (χ3n) is 8.52. The largest absolute Gasteiger partial charge is 0.458 e. The Morgan fingerprint density at radius 3 is 1.60 bits per heavy atom. The van der Waals surface area contributed by atoms with Crippen molar-refractivity contribution in [3.63, 3.8) is 0 Å². The zero-order valence-electron chi connectivity index (χ0n) is 28.2. The van der Waals surface area contributed by atoms with Gasteiger partial charge in [0.25, 0.3) is 0 Å². The van der Waals surface area contributed by atoms with Crippen molar-refractivity contribution in [1.82, 2.24) is 0 Å². The highest BCUT2D eigenvalue weighted by molar-refractivity contribution is 5.83. The van der Waals surface area contributed by atoms with Crippen LogP contribution in [0.25, 0.3) is 0 Å². The fourth-order valence-electron chi connectivity index (χ4n) is 5.86. The summed E-state index contributed by atoms with van der Waals surface area (Å²) >= 11 is 0. The van der Waals surface area contributed by atoms with E-state index < -0.39 is 0 Å². The average Bonchev–Trinajstić information content (AvgIpc) is 2.87. The first-order chi connectivity index (χ1) is 19.7. The van der Waals surface area contributed by atoms with Crippen molar-refractivity contribution >= 4 is 5.97 Å². The molecule has 0 unspecified atom stereocenters. The molecule has 0 saturated heterocycles. The van der Waals surface area contributed by atoms with Crippen molar-refractivity contribution in [3.05, 3.63) is 117 Å². The van der Waals surface area contributed by atoms with Crippen LogP contribution in [-0.4, -0.2) is 12.6 Å². The molecular weight excluding hydrogens is 512 g/mol. The number of carbonyl (C=O) groups excluding carboxylic acids is 1. The summed E-state index contributed by atoms with van der Waals surface area (Å²) in [5.74, 6) is -0.330. The topological polar surface area (TPSA) is 26.3 Å². The number of allylic oxidation sites excluding steroid dienone is 18. The first kappa shape index (κ1) is 35.1. The smallest absolute Gasteiger partial charge is 0.331 e. The van der Waals surface area contributed by atoms with E-state index in [4.69, 9.17) is 4.74 Å². The van der Waals surface area contributed by atoms with Gasteiger partial charge in [0.2, 0.25) is 0 Å². The monoisotopic (exact) mass is 568 g/mol. The first-order valence-corrected chi connectivity index (χ1v) is 15.7. The maximum absolute atomic E-state index is 12.2. The van der Waals surface area contributed by atoms with Crippen LogP contribution >= 0.6 is 0 Å². The van der Waals surface area contributed by atoms with Crippen molar-refractivity contribution < 1.29 is 9.53 Å². The van der Waals surface area contributed by atoms with E-state index >= 15 is 0 Å². The molecule has 0 heterocycles. The van der Waals surface area contributed by atoms with Gasteiger partial charge >= 0.3 is 5.97 Å². The Labute approximate surface area is 257 Å². The third-order valence-corrected chi connectivity index (χ3v) is 8.52. The van der Waals surface area contributed by atoms with Crippen molar-refractivity contribution in [3.8, 4) is 0 Å². The van der Waals surface area contributed by atoms with E-state index in [1.54, 1.807) is 0 Å². The summed E-state index contributed by atoms with van der Waals surface area (Å²) in [5, 5.41) is 0. The van der Waals surface area contributed by atoms with E-state index in [9.17, 15) is 4.79 Å². The van der Waals surface area contributed by atoms with E-state index in [1.165, 1.54) is 78.0 Å². The Morgan fingerprint density at radius 2 is 1.14 bits per heavy atom. The molecule has 0 atom stereocenters. The standard InChI is InChI=1S/C40H56O2/c1-30(21-23-36-34(5)19-13-26-39(36,7)8)15-11-17-32(3)25-28-42-38(41)29-33(4)18-12-16-31(2)22-24-37-35(6)20-14-27-40(37,9)10/h11-12,15-18,21-25,29H,13-14,19-20,26-28H2,1-10H3/b17-11+,18-12+,23-21+,24-22+,30-15+,31-16+,32-25+,33-29+. The number of ether oxygens (including phenoxy) is 1. The van der Waals surface area contributed by atoms with Gasteiger partial charge in [-0.15, -0.1) is 0 Å². The van der Waals surface area contributed by atoms with Gasteiger partial charge in [0, 0.05) is 6.08 Å². The second-order valence-corrected chi connectivity index (χ2v) is 13.5. The lowest BCUT2D eigenvalue weighted by Gasteiger charge is -2.33. The van der Waals surface area contributed by atoms with Crippen LogP contribution < -0.4 is 0 Å². The molecule has 0 saturated carbocycles. The van der Waals surface area contributed by atoms with Gasteiger partial charge in [-0.05, 0) is 114 Å². The molecule has 2 heteroatoms. The molecule has 0 aromatic carbocycles. The third kappa shape index (κ3) is 12.0. The molecule has 2 nitrogen and oxygen atoms in total. The Hall–Kier alpha value is -3.13. The molecule has 0 aromatic heterocycles. The van der Waals surface area contributed by atoms with Crippen LogP contribution in [0, 0.1) is 10.8 Å². The summed E-state index contributed by atoms with van der Waals surface area (Å²) in [6, 6.07) is 0. The molecule has 0 N–H and O–H groups in total. The van der Waals surface area contributed by atoms with Crippen LogP contribution in [-0.2, 0) is 9.53 Å². The number of carbonyl (C=O) groups is 1. The van der Waals surface area contributed by atoms with Crippen molar-refractivity contribution in [1.29, 1.82) is 0 Å². The van der Waals surface area contributed by atoms with E-state index in [2.05, 4.69) is 91.8 Å². The number of hydrogen-bond acceptors (Lipinski definition) is 2. The van der Waals surface area contributed by atoms with Crippen molar-refractivity contribution in [2.45, 2.75) is 108 Å². The first-order valence-electron chi connectivity index (χ1n) is 15.7. The zero-order chi connectivity index (χ0) is 31.3. The lowest BCUT2D eigenvalue weighted by molar-refractivity contribution is -0.136. The van der Waals surface area contributed by atoms with Gasteiger partial charge in [-0.1, -0.05) is 116 Å². The normalized spacial score (nSPS) is 21.1. The van der Waals surface area contributed by atoms with Gasteiger partial charge in [-0.25, -0.2) is 4.79 Å². The minimum Gasteiger partial charge on any atom is -0.458 e. The molecule has 0 radical (unpaired) electrons. The average molecular weight is 569 g/mol. The number of esters is 1. The molecule has 0 spiro atoms. The molecule has 228 valence electrons. The molecule has 2 aliphatic rings. The van der Waals surface area contributed by atoms with Gasteiger partial charge < -0.3 is 4.74 Å². The Morgan fingerprint density at radius 1 is 0.690 bits per heavy atom. The van der Waals surface area contributed by atoms with Crippen LogP contribution in [0.2, 0.25) is 0 Å². The summed E-state index contributed by atoms with van der Waals surface area (Å²) in [6.07, 6.45) is 32.1. The molecule has 0 aromatic rings. The van der Waals surface area contributed by atoms with Gasteiger partial charge in [0.15, 0.2) is 0 Å². The summed E-state index contributed by atoms with van der Waals surface area (Å²) in [4.78, 5) is 12.2. The van der Waals surface area contributed by atoms with Gasteiger partial charge in [-0.3, -0.25) is 0 Å². The molecule has 0 amide bonds. The second-order valence-electron chi connectivity index (χ2n) is 13.5. The zero-order valence-corrected chi connectivity index (χ0v) is 28.2. The summed E-state index contributed by atoms with van der Waals surface area (Å²) in [5.41, 5.74) is 10.8. The maximum Gasteiger partial charge on any atom is 0.331 e. The molecular formula is C40H56O2. The van der Waals surface area contributed by atoms with E-state index in [1.807, 2.05) is 44.2 Å². The fourth-order valence-corrected chi connectivity index (χ4v) is 5.86. The summed E-state index contributed by atoms with van der Waals surface area (Å²) in [7, 11) is 0. The SMILES string of the molecule is CC1=C(/C=C/C(C)=C/C=C/C(C)=C/COC(=O)/C=C(C)/C=C/C=C(C)/C=C/C2=C(C)CCCC2(C)C)C(C)(C)CCC1. The van der Waals surface area contributed by atoms with Crippen molar-refractivity contribution in [2.75, 3.05) is 6.61 Å². The molecule has 2 aliphatic carbocycles. The Bertz CT molecular complexity index is 1270. The van der Waals surface area contributed by atoms with Crippen LogP contribution in [0.5, 0.6) is 0 Å². The van der Waals surface area contributed by atoms with Gasteiger partial charge in [-0.2, -0.15) is 0 Å². The van der Waals surface area contributed by atoms with Crippen LogP contribution in [0.4, 0.5) is 0 Å². The second kappa shape index (κ2) is 16.5. The highest BCUT2D eigenvalue weighted by Crippen LogP contribution is 2.41. The highest BCUT2D eigenvalue weighted by Gasteiger charge is 2.27. The minimum atomic E-state index is -0.330. The summed E-state index contributed by atoms with van der Waals surface area (Å²) < 4.78 is 5.39. The van der Waals surface area contributed by atoms with Crippen LogP contribution in [0.3, 0.4) is 0 Å². The lowest BCUT2D eigenvalue weighted by atomic mass is 9.72. The molecule has 42 heavy (non-hydrogen) atoms. The minimum absolute atomic E-state index is 0.246. The quantitative estimate of drug-likeness (QED) is 0.141. The molecule has 0 fully saturated rings. The van der Waals surface area contributed by atoms with Crippen LogP contribution in [0.15, 0.2) is 117 Å². The van der Waals surface area contributed by atoms with E-state index in [0.29, 0.717) is 0 Å². The Balaban J connectivity index is 1.83. The van der Waals surface area contributed by atoms with E-state index in [-0.39, 0.29) is 23.4 Å². The molecule has 0 bridgehead atoms. The van der Waals surface area contributed by atoms with Gasteiger partial charge in [0.05, 0.1) is 0 Å². The summed E-state index contributed by atoms with van der Waals surface area (Å²) in [6.45, 7) is 22.3.